The number of rotatable bonds is 6. The summed E-state index contributed by atoms with van der Waals surface area (Å²) in [6, 6.07) is 3.47. The SMILES string of the molecule is CCC(CC)C(=O)N1CCC(Oc2ccc(C(=O)N(C)C)cn2)CC1. The first-order valence-electron chi connectivity index (χ1n) is 9.09. The average Bonchev–Trinajstić information content (AvgIpc) is 2.63. The Morgan fingerprint density at radius 2 is 1.88 bits per heavy atom. The largest absolute Gasteiger partial charge is 0.474 e. The quantitative estimate of drug-likeness (QED) is 0.793. The minimum Gasteiger partial charge on any atom is -0.474 e. The van der Waals surface area contributed by atoms with E-state index in [1.807, 2.05) is 4.90 Å². The van der Waals surface area contributed by atoms with E-state index in [9.17, 15) is 9.59 Å². The van der Waals surface area contributed by atoms with Gasteiger partial charge in [-0.1, -0.05) is 13.8 Å². The summed E-state index contributed by atoms with van der Waals surface area (Å²) >= 11 is 0. The lowest BCUT2D eigenvalue weighted by molar-refractivity contribution is -0.137. The van der Waals surface area contributed by atoms with Gasteiger partial charge in [0.25, 0.3) is 5.91 Å². The van der Waals surface area contributed by atoms with Gasteiger partial charge in [0.15, 0.2) is 0 Å². The molecule has 6 nitrogen and oxygen atoms in total. The molecule has 0 atom stereocenters. The van der Waals surface area contributed by atoms with Gasteiger partial charge in [-0.15, -0.1) is 0 Å². The van der Waals surface area contributed by atoms with Crippen molar-refractivity contribution in [2.75, 3.05) is 27.2 Å². The lowest BCUT2D eigenvalue weighted by Crippen LogP contribution is -2.44. The normalized spacial score (nSPS) is 15.3. The summed E-state index contributed by atoms with van der Waals surface area (Å²) in [6.45, 7) is 5.60. The molecule has 0 aliphatic carbocycles. The second-order valence-corrected chi connectivity index (χ2v) is 6.74. The number of piperidine rings is 1. The maximum absolute atomic E-state index is 12.4. The molecule has 1 fully saturated rings. The van der Waals surface area contributed by atoms with Crippen molar-refractivity contribution in [3.63, 3.8) is 0 Å². The third-order valence-electron chi connectivity index (χ3n) is 4.77. The van der Waals surface area contributed by atoms with E-state index in [1.165, 1.54) is 4.90 Å². The van der Waals surface area contributed by atoms with Crippen LogP contribution in [-0.4, -0.2) is 59.9 Å². The van der Waals surface area contributed by atoms with Crippen molar-refractivity contribution < 1.29 is 14.3 Å². The fourth-order valence-corrected chi connectivity index (χ4v) is 3.10. The molecular weight excluding hydrogens is 318 g/mol. The Bertz CT molecular complexity index is 574. The Kier molecular flexibility index (Phi) is 6.79. The molecule has 1 aromatic heterocycles. The van der Waals surface area contributed by atoms with Crippen LogP contribution in [-0.2, 0) is 4.79 Å². The van der Waals surface area contributed by atoms with Crippen LogP contribution < -0.4 is 4.74 Å². The molecule has 1 aliphatic rings. The fourth-order valence-electron chi connectivity index (χ4n) is 3.10. The van der Waals surface area contributed by atoms with Gasteiger partial charge in [-0.25, -0.2) is 4.98 Å². The molecule has 1 saturated heterocycles. The van der Waals surface area contributed by atoms with Crippen LogP contribution in [0.5, 0.6) is 5.88 Å². The minimum absolute atomic E-state index is 0.0636. The van der Waals surface area contributed by atoms with E-state index in [-0.39, 0.29) is 23.8 Å². The van der Waals surface area contributed by atoms with Gasteiger partial charge in [0.2, 0.25) is 11.8 Å². The van der Waals surface area contributed by atoms with E-state index < -0.39 is 0 Å². The first-order chi connectivity index (χ1) is 12.0. The molecule has 0 N–H and O–H groups in total. The third-order valence-corrected chi connectivity index (χ3v) is 4.77. The van der Waals surface area contributed by atoms with E-state index in [0.717, 1.165) is 38.8 Å². The summed E-state index contributed by atoms with van der Waals surface area (Å²) in [7, 11) is 3.42. The van der Waals surface area contributed by atoms with Gasteiger partial charge in [0.05, 0.1) is 5.56 Å². The smallest absolute Gasteiger partial charge is 0.254 e. The van der Waals surface area contributed by atoms with Gasteiger partial charge in [-0.05, 0) is 18.9 Å². The summed E-state index contributed by atoms with van der Waals surface area (Å²) in [4.78, 5) is 32.0. The van der Waals surface area contributed by atoms with Crippen LogP contribution in [0, 0.1) is 5.92 Å². The highest BCUT2D eigenvalue weighted by molar-refractivity contribution is 5.93. The van der Waals surface area contributed by atoms with Crippen molar-refractivity contribution in [3.05, 3.63) is 23.9 Å². The number of carbonyl (C=O) groups excluding carboxylic acids is 2. The number of pyridine rings is 1. The number of nitrogens with zero attached hydrogens (tertiary/aromatic N) is 3. The van der Waals surface area contributed by atoms with Crippen molar-refractivity contribution in [2.45, 2.75) is 45.6 Å². The summed E-state index contributed by atoms with van der Waals surface area (Å²) in [6.07, 6.45) is 5.02. The summed E-state index contributed by atoms with van der Waals surface area (Å²) in [5, 5.41) is 0. The minimum atomic E-state index is -0.0766. The van der Waals surface area contributed by atoms with Gasteiger partial charge in [0, 0.05) is 58.2 Å². The van der Waals surface area contributed by atoms with Crippen LogP contribution in [0.1, 0.15) is 49.9 Å². The highest BCUT2D eigenvalue weighted by Gasteiger charge is 2.27. The number of amides is 2. The molecule has 2 rings (SSSR count). The molecule has 0 radical (unpaired) electrons. The van der Waals surface area contributed by atoms with Crippen LogP contribution in [0.4, 0.5) is 0 Å². The first kappa shape index (κ1) is 19.2. The van der Waals surface area contributed by atoms with E-state index in [1.54, 1.807) is 32.4 Å². The maximum Gasteiger partial charge on any atom is 0.254 e. The van der Waals surface area contributed by atoms with E-state index in [2.05, 4.69) is 18.8 Å². The van der Waals surface area contributed by atoms with E-state index >= 15 is 0 Å². The molecule has 25 heavy (non-hydrogen) atoms. The lowest BCUT2D eigenvalue weighted by atomic mass is 9.99. The lowest BCUT2D eigenvalue weighted by Gasteiger charge is -2.33. The predicted molar refractivity (Wildman–Crippen MR) is 96.6 cm³/mol. The maximum atomic E-state index is 12.4. The Hall–Kier alpha value is -2.11. The Morgan fingerprint density at radius 3 is 2.36 bits per heavy atom. The third kappa shape index (κ3) is 4.94. The Balaban J connectivity index is 1.86. The van der Waals surface area contributed by atoms with Crippen LogP contribution >= 0.6 is 0 Å². The number of ether oxygens (including phenoxy) is 1. The predicted octanol–water partition coefficient (Wildman–Crippen LogP) is 2.59. The number of hydrogen-bond donors (Lipinski definition) is 0. The number of hydrogen-bond acceptors (Lipinski definition) is 4. The zero-order valence-electron chi connectivity index (χ0n) is 15.7. The van der Waals surface area contributed by atoms with Crippen LogP contribution in [0.15, 0.2) is 18.3 Å². The van der Waals surface area contributed by atoms with Gasteiger partial charge in [-0.3, -0.25) is 9.59 Å². The van der Waals surface area contributed by atoms with Crippen molar-refractivity contribution in [2.24, 2.45) is 5.92 Å². The number of carbonyl (C=O) groups is 2. The number of likely N-dealkylation sites (tertiary alicyclic amines) is 1. The molecular formula is C19H29N3O3. The summed E-state index contributed by atoms with van der Waals surface area (Å²) in [5.74, 6) is 0.862. The van der Waals surface area contributed by atoms with Crippen molar-refractivity contribution in [1.29, 1.82) is 0 Å². The molecule has 0 unspecified atom stereocenters. The monoisotopic (exact) mass is 347 g/mol. The topological polar surface area (TPSA) is 62.7 Å². The molecule has 2 amide bonds. The van der Waals surface area contributed by atoms with Crippen LogP contribution in [0.3, 0.4) is 0 Å². The van der Waals surface area contributed by atoms with E-state index in [0.29, 0.717) is 11.4 Å². The van der Waals surface area contributed by atoms with Gasteiger partial charge >= 0.3 is 0 Å². The van der Waals surface area contributed by atoms with Gasteiger partial charge in [0.1, 0.15) is 6.10 Å². The summed E-state index contributed by atoms with van der Waals surface area (Å²) < 4.78 is 5.92. The standard InChI is InChI=1S/C19H29N3O3/c1-5-14(6-2)19(24)22-11-9-16(10-12-22)25-17-8-7-15(13-20-17)18(23)21(3)4/h7-8,13-14,16H,5-6,9-12H2,1-4H3. The second kappa shape index (κ2) is 8.83. The molecule has 0 aromatic carbocycles. The Labute approximate surface area is 150 Å². The van der Waals surface area contributed by atoms with Gasteiger partial charge < -0.3 is 14.5 Å². The van der Waals surface area contributed by atoms with Crippen LogP contribution in [0.25, 0.3) is 0 Å². The van der Waals surface area contributed by atoms with Crippen molar-refractivity contribution >= 4 is 11.8 Å². The molecule has 0 saturated carbocycles. The van der Waals surface area contributed by atoms with E-state index in [4.69, 9.17) is 4.74 Å². The molecule has 0 bridgehead atoms. The first-order valence-corrected chi connectivity index (χ1v) is 9.09. The summed E-state index contributed by atoms with van der Waals surface area (Å²) in [5.41, 5.74) is 0.544. The molecule has 138 valence electrons. The van der Waals surface area contributed by atoms with Crippen LogP contribution in [0.2, 0.25) is 0 Å². The average molecular weight is 347 g/mol. The zero-order chi connectivity index (χ0) is 18.4. The number of aromatic nitrogens is 1. The Morgan fingerprint density at radius 1 is 1.24 bits per heavy atom. The van der Waals surface area contributed by atoms with Gasteiger partial charge in [-0.2, -0.15) is 0 Å². The zero-order valence-corrected chi connectivity index (χ0v) is 15.7. The van der Waals surface area contributed by atoms with Crippen molar-refractivity contribution in [3.8, 4) is 5.88 Å². The fraction of sp³-hybridized carbons (Fsp3) is 0.632. The molecule has 0 spiro atoms. The van der Waals surface area contributed by atoms with Crippen molar-refractivity contribution in [1.82, 2.24) is 14.8 Å². The molecule has 2 heterocycles. The molecule has 1 aliphatic heterocycles. The highest BCUT2D eigenvalue weighted by atomic mass is 16.5. The molecule has 6 heteroatoms. The molecule has 1 aromatic rings. The highest BCUT2D eigenvalue weighted by Crippen LogP contribution is 2.20. The second-order valence-electron chi connectivity index (χ2n) is 6.74.